The van der Waals surface area contributed by atoms with E-state index >= 15 is 0 Å². The molecule has 0 spiro atoms. The number of hydrogen-bond acceptors (Lipinski definition) is 4. The zero-order valence-electron chi connectivity index (χ0n) is 17.8. The first kappa shape index (κ1) is 21.7. The van der Waals surface area contributed by atoms with Crippen molar-refractivity contribution in [3.63, 3.8) is 0 Å². The number of carbonyl (C=O) groups is 1. The Morgan fingerprint density at radius 3 is 2.47 bits per heavy atom. The zero-order valence-corrected chi connectivity index (χ0v) is 18.5. The number of anilines is 1. The van der Waals surface area contributed by atoms with Crippen LogP contribution >= 0.6 is 11.6 Å². The van der Waals surface area contributed by atoms with E-state index in [2.05, 4.69) is 5.32 Å². The number of nitrogens with one attached hydrogen (secondary N) is 1. The highest BCUT2D eigenvalue weighted by atomic mass is 35.5. The minimum absolute atomic E-state index is 0.228. The Morgan fingerprint density at radius 2 is 1.75 bits per heavy atom. The maximum absolute atomic E-state index is 12.6. The van der Waals surface area contributed by atoms with E-state index in [4.69, 9.17) is 20.8 Å². The zero-order chi connectivity index (χ0) is 22.7. The lowest BCUT2D eigenvalue weighted by Gasteiger charge is -2.12. The lowest BCUT2D eigenvalue weighted by atomic mass is 9.99. The Kier molecular flexibility index (Phi) is 6.28. The average molecular weight is 448 g/mol. The summed E-state index contributed by atoms with van der Waals surface area (Å²) in [6.45, 7) is 3.62. The van der Waals surface area contributed by atoms with Gasteiger partial charge in [0.1, 0.15) is 11.3 Å². The van der Waals surface area contributed by atoms with E-state index in [1.54, 1.807) is 12.1 Å². The lowest BCUT2D eigenvalue weighted by Crippen LogP contribution is -2.20. The molecule has 0 unspecified atom stereocenters. The Morgan fingerprint density at radius 1 is 1.03 bits per heavy atom. The molecule has 1 N–H and O–H groups in total. The van der Waals surface area contributed by atoms with Gasteiger partial charge in [-0.15, -0.1) is 0 Å². The number of hydrogen-bond donors (Lipinski definition) is 1. The fourth-order valence-corrected chi connectivity index (χ4v) is 3.70. The van der Waals surface area contributed by atoms with Crippen LogP contribution in [-0.2, 0) is 11.2 Å². The molecule has 0 bridgehead atoms. The van der Waals surface area contributed by atoms with Crippen LogP contribution in [0, 0.1) is 13.8 Å². The van der Waals surface area contributed by atoms with E-state index in [0.29, 0.717) is 28.3 Å². The maximum atomic E-state index is 12.6. The predicted octanol–water partition coefficient (Wildman–Crippen LogP) is 5.67. The Balaban J connectivity index is 1.54. The summed E-state index contributed by atoms with van der Waals surface area (Å²) in [5.41, 5.74) is 4.17. The third-order valence-corrected chi connectivity index (χ3v) is 5.55. The van der Waals surface area contributed by atoms with Crippen molar-refractivity contribution in [3.05, 3.63) is 104 Å². The van der Waals surface area contributed by atoms with Crippen LogP contribution < -0.4 is 15.7 Å². The van der Waals surface area contributed by atoms with Crippen molar-refractivity contribution in [2.75, 3.05) is 11.9 Å². The van der Waals surface area contributed by atoms with Gasteiger partial charge in [0.25, 0.3) is 5.91 Å². The Bertz CT molecular complexity index is 1330. The topological polar surface area (TPSA) is 68.5 Å². The highest BCUT2D eigenvalue weighted by Gasteiger charge is 2.15. The smallest absolute Gasteiger partial charge is 0.340 e. The summed E-state index contributed by atoms with van der Waals surface area (Å²) in [5.74, 6) is -0.0440. The van der Waals surface area contributed by atoms with Crippen LogP contribution in [0.5, 0.6) is 5.75 Å². The number of ether oxygens (including phenoxy) is 1. The van der Waals surface area contributed by atoms with E-state index < -0.39 is 5.63 Å². The van der Waals surface area contributed by atoms with Crippen LogP contribution in [0.2, 0.25) is 5.02 Å². The molecule has 0 atom stereocenters. The molecule has 0 aliphatic rings. The molecule has 1 heterocycles. The SMILES string of the molecule is Cc1ccc(NC(=O)COc2cc3oc(=O)c(Cc4ccccc4)c(C)c3cc2Cl)cc1. The molecule has 0 aliphatic carbocycles. The third-order valence-electron chi connectivity index (χ3n) is 5.26. The standard InChI is InChI=1S/C26H22ClNO4/c1-16-8-10-19(11-9-16)28-25(29)15-31-24-14-23-20(13-22(24)27)17(2)21(26(30)32-23)12-18-6-4-3-5-7-18/h3-11,13-14H,12,15H2,1-2H3,(H,28,29). The molecule has 0 saturated heterocycles. The van der Waals surface area contributed by atoms with E-state index in [9.17, 15) is 9.59 Å². The third kappa shape index (κ3) is 4.84. The molecule has 5 nitrogen and oxygen atoms in total. The summed E-state index contributed by atoms with van der Waals surface area (Å²) in [7, 11) is 0. The summed E-state index contributed by atoms with van der Waals surface area (Å²) >= 11 is 6.41. The summed E-state index contributed by atoms with van der Waals surface area (Å²) in [4.78, 5) is 24.9. The van der Waals surface area contributed by atoms with Crippen molar-refractivity contribution in [3.8, 4) is 5.75 Å². The molecular weight excluding hydrogens is 426 g/mol. The second kappa shape index (κ2) is 9.28. The normalized spacial score (nSPS) is 10.8. The van der Waals surface area contributed by atoms with Gasteiger partial charge in [0, 0.05) is 29.1 Å². The van der Waals surface area contributed by atoms with Gasteiger partial charge in [-0.3, -0.25) is 4.79 Å². The summed E-state index contributed by atoms with van der Waals surface area (Å²) in [6.07, 6.45) is 0.472. The fourth-order valence-electron chi connectivity index (χ4n) is 3.48. The molecule has 4 aromatic rings. The van der Waals surface area contributed by atoms with Gasteiger partial charge in [-0.25, -0.2) is 4.79 Å². The number of aryl methyl sites for hydroxylation is 2. The van der Waals surface area contributed by atoms with Crippen molar-refractivity contribution in [1.29, 1.82) is 0 Å². The number of benzene rings is 3. The minimum atomic E-state index is -0.399. The van der Waals surface area contributed by atoms with Crippen LogP contribution in [0.4, 0.5) is 5.69 Å². The summed E-state index contributed by atoms with van der Waals surface area (Å²) in [6, 6.07) is 20.5. The van der Waals surface area contributed by atoms with Crippen LogP contribution in [0.25, 0.3) is 11.0 Å². The van der Waals surface area contributed by atoms with Crippen molar-refractivity contribution in [1.82, 2.24) is 0 Å². The maximum Gasteiger partial charge on any atom is 0.340 e. The van der Waals surface area contributed by atoms with Crippen molar-refractivity contribution < 1.29 is 13.9 Å². The number of rotatable bonds is 6. The van der Waals surface area contributed by atoms with Gasteiger partial charge < -0.3 is 14.5 Å². The first-order valence-corrected chi connectivity index (χ1v) is 10.6. The van der Waals surface area contributed by atoms with Gasteiger partial charge in [-0.2, -0.15) is 0 Å². The number of carbonyl (C=O) groups excluding carboxylic acids is 1. The monoisotopic (exact) mass is 447 g/mol. The molecule has 3 aromatic carbocycles. The van der Waals surface area contributed by atoms with Crippen molar-refractivity contribution >= 4 is 34.2 Å². The van der Waals surface area contributed by atoms with E-state index in [-0.39, 0.29) is 18.3 Å². The second-order valence-corrected chi connectivity index (χ2v) is 8.04. The van der Waals surface area contributed by atoms with E-state index in [1.807, 2.05) is 68.4 Å². The number of halogens is 1. The molecule has 6 heteroatoms. The van der Waals surface area contributed by atoms with E-state index in [0.717, 1.165) is 22.1 Å². The first-order valence-electron chi connectivity index (χ1n) is 10.2. The van der Waals surface area contributed by atoms with Gasteiger partial charge in [0.05, 0.1) is 5.02 Å². The first-order chi connectivity index (χ1) is 15.4. The van der Waals surface area contributed by atoms with Gasteiger partial charge >= 0.3 is 5.63 Å². The van der Waals surface area contributed by atoms with Crippen LogP contribution in [-0.4, -0.2) is 12.5 Å². The molecule has 0 radical (unpaired) electrons. The van der Waals surface area contributed by atoms with Crippen LogP contribution in [0.1, 0.15) is 22.3 Å². The molecule has 0 fully saturated rings. The van der Waals surface area contributed by atoms with Crippen LogP contribution in [0.15, 0.2) is 75.9 Å². The Labute approximate surface area is 190 Å². The average Bonchev–Trinajstić information content (AvgIpc) is 2.78. The summed E-state index contributed by atoms with van der Waals surface area (Å²) in [5, 5.41) is 3.83. The van der Waals surface area contributed by atoms with Gasteiger partial charge in [0.15, 0.2) is 6.61 Å². The molecular formula is C26H22ClNO4. The minimum Gasteiger partial charge on any atom is -0.482 e. The fraction of sp³-hybridized carbons (Fsp3) is 0.154. The second-order valence-electron chi connectivity index (χ2n) is 7.64. The molecule has 4 rings (SSSR count). The van der Waals surface area contributed by atoms with Crippen LogP contribution in [0.3, 0.4) is 0 Å². The molecule has 1 aromatic heterocycles. The molecule has 0 saturated carbocycles. The summed E-state index contributed by atoms with van der Waals surface area (Å²) < 4.78 is 11.2. The number of amides is 1. The van der Waals surface area contributed by atoms with Gasteiger partial charge in [0.2, 0.25) is 0 Å². The van der Waals surface area contributed by atoms with Gasteiger partial charge in [-0.1, -0.05) is 59.6 Å². The highest BCUT2D eigenvalue weighted by molar-refractivity contribution is 6.32. The van der Waals surface area contributed by atoms with Gasteiger partial charge in [-0.05, 0) is 43.2 Å². The largest absolute Gasteiger partial charge is 0.482 e. The van der Waals surface area contributed by atoms with E-state index in [1.165, 1.54) is 0 Å². The quantitative estimate of drug-likeness (QED) is 0.386. The predicted molar refractivity (Wildman–Crippen MR) is 127 cm³/mol. The lowest BCUT2D eigenvalue weighted by molar-refractivity contribution is -0.118. The highest BCUT2D eigenvalue weighted by Crippen LogP contribution is 2.32. The van der Waals surface area contributed by atoms with Crippen molar-refractivity contribution in [2.45, 2.75) is 20.3 Å². The Hall–Kier alpha value is -3.57. The molecule has 32 heavy (non-hydrogen) atoms. The molecule has 1 amide bonds. The molecule has 0 aliphatic heterocycles. The molecule has 162 valence electrons. The number of fused-ring (bicyclic) bond motifs is 1. The van der Waals surface area contributed by atoms with Crippen molar-refractivity contribution in [2.24, 2.45) is 0 Å².